The lowest BCUT2D eigenvalue weighted by atomic mass is 9.94. The molecule has 0 radical (unpaired) electrons. The summed E-state index contributed by atoms with van der Waals surface area (Å²) in [5.41, 5.74) is -1.85. The summed E-state index contributed by atoms with van der Waals surface area (Å²) in [6, 6.07) is 0. The predicted octanol–water partition coefficient (Wildman–Crippen LogP) is 2.27. The first-order chi connectivity index (χ1) is 12.1. The van der Waals surface area contributed by atoms with Crippen LogP contribution in [0.3, 0.4) is 0 Å². The number of rotatable bonds is 4. The van der Waals surface area contributed by atoms with E-state index in [2.05, 4.69) is 9.94 Å². The Balaban J connectivity index is 1.91. The number of amides is 2. The molecule has 1 fully saturated rings. The number of hydrogen-bond acceptors (Lipinski definition) is 5. The van der Waals surface area contributed by atoms with Gasteiger partial charge in [-0.2, -0.15) is 13.9 Å². The van der Waals surface area contributed by atoms with Crippen molar-refractivity contribution < 1.29 is 36.8 Å². The number of nitrogens with zero attached hydrogens (tertiary/aromatic N) is 3. The molecule has 1 aliphatic heterocycles. The Hall–Kier alpha value is -2.46. The molecular weight excluding hydrogens is 362 g/mol. The van der Waals surface area contributed by atoms with E-state index in [0.717, 1.165) is 0 Å². The summed E-state index contributed by atoms with van der Waals surface area (Å²) in [6.45, 7) is 1.69. The molecule has 2 aliphatic rings. The standard InChI is InChI=1S/C15H15F4N3O4/c1-6-7(2)15(18,19)13-11(6)12(14(16)17)20-21(13)5-10(25)26-22-8(23)3-4-9(22)24/h6-7,14H,3-5H2,1-2H3/t6-,7+/m0/s1. The van der Waals surface area contributed by atoms with Gasteiger partial charge >= 0.3 is 5.97 Å². The van der Waals surface area contributed by atoms with Crippen molar-refractivity contribution in [2.45, 2.75) is 51.5 Å². The molecule has 7 nitrogen and oxygen atoms in total. The summed E-state index contributed by atoms with van der Waals surface area (Å²) in [5, 5.41) is 3.72. The van der Waals surface area contributed by atoms with Gasteiger partial charge in [0, 0.05) is 24.3 Å². The van der Waals surface area contributed by atoms with Gasteiger partial charge in [-0.3, -0.25) is 14.3 Å². The lowest BCUT2D eigenvalue weighted by Gasteiger charge is -2.20. The van der Waals surface area contributed by atoms with Crippen LogP contribution in [0.25, 0.3) is 0 Å². The van der Waals surface area contributed by atoms with Crippen LogP contribution in [0.1, 0.15) is 56.0 Å². The van der Waals surface area contributed by atoms with E-state index in [9.17, 15) is 31.9 Å². The van der Waals surface area contributed by atoms with Crippen molar-refractivity contribution in [1.82, 2.24) is 14.8 Å². The zero-order valence-electron chi connectivity index (χ0n) is 13.8. The van der Waals surface area contributed by atoms with Gasteiger partial charge < -0.3 is 4.84 Å². The summed E-state index contributed by atoms with van der Waals surface area (Å²) < 4.78 is 56.0. The van der Waals surface area contributed by atoms with Crippen LogP contribution in [0, 0.1) is 5.92 Å². The maximum Gasteiger partial charge on any atom is 0.354 e. The molecule has 1 aliphatic carbocycles. The molecule has 3 rings (SSSR count). The van der Waals surface area contributed by atoms with Crippen molar-refractivity contribution in [2.75, 3.05) is 0 Å². The van der Waals surface area contributed by atoms with Crippen LogP contribution >= 0.6 is 0 Å². The van der Waals surface area contributed by atoms with Crippen LogP contribution in [-0.2, 0) is 31.7 Å². The van der Waals surface area contributed by atoms with Gasteiger partial charge in [-0.25, -0.2) is 13.6 Å². The Morgan fingerprint density at radius 3 is 2.38 bits per heavy atom. The molecule has 2 atom stereocenters. The van der Waals surface area contributed by atoms with Crippen molar-refractivity contribution in [2.24, 2.45) is 5.92 Å². The second-order valence-corrected chi connectivity index (χ2v) is 6.35. The van der Waals surface area contributed by atoms with Crippen LogP contribution < -0.4 is 0 Å². The number of carbonyl (C=O) groups excluding carboxylic acids is 3. The molecule has 1 saturated heterocycles. The van der Waals surface area contributed by atoms with Gasteiger partial charge in [-0.05, 0) is 5.92 Å². The van der Waals surface area contributed by atoms with E-state index in [1.165, 1.54) is 13.8 Å². The van der Waals surface area contributed by atoms with E-state index in [1.807, 2.05) is 0 Å². The molecular formula is C15H15F4N3O4. The van der Waals surface area contributed by atoms with Crippen molar-refractivity contribution >= 4 is 17.8 Å². The maximum absolute atomic E-state index is 14.5. The summed E-state index contributed by atoms with van der Waals surface area (Å²) in [4.78, 5) is 39.4. The summed E-state index contributed by atoms with van der Waals surface area (Å²) >= 11 is 0. The lowest BCUT2D eigenvalue weighted by Crippen LogP contribution is -2.34. The van der Waals surface area contributed by atoms with Crippen LogP contribution in [0.4, 0.5) is 17.6 Å². The van der Waals surface area contributed by atoms with E-state index in [-0.39, 0.29) is 23.5 Å². The first-order valence-corrected chi connectivity index (χ1v) is 7.89. The Labute approximate surface area is 144 Å². The van der Waals surface area contributed by atoms with E-state index < -0.39 is 59.9 Å². The van der Waals surface area contributed by atoms with Crippen LogP contribution in [0.5, 0.6) is 0 Å². The molecule has 0 aromatic carbocycles. The van der Waals surface area contributed by atoms with E-state index in [4.69, 9.17) is 0 Å². The summed E-state index contributed by atoms with van der Waals surface area (Å²) in [6.07, 6.45) is -3.36. The fourth-order valence-corrected chi connectivity index (χ4v) is 3.26. The van der Waals surface area contributed by atoms with Gasteiger partial charge in [-0.1, -0.05) is 13.8 Å². The lowest BCUT2D eigenvalue weighted by molar-refractivity contribution is -0.198. The monoisotopic (exact) mass is 377 g/mol. The van der Waals surface area contributed by atoms with Crippen molar-refractivity contribution in [3.63, 3.8) is 0 Å². The number of hydrogen-bond donors (Lipinski definition) is 0. The SMILES string of the molecule is C[C@@H]1c2c(C(F)F)nn(CC(=O)ON3C(=O)CCC3=O)c2C(F)(F)[C@@H]1C. The van der Waals surface area contributed by atoms with Gasteiger partial charge in [0.05, 0.1) is 0 Å². The largest absolute Gasteiger partial charge is 0.354 e. The highest BCUT2D eigenvalue weighted by Crippen LogP contribution is 2.54. The molecule has 2 heterocycles. The van der Waals surface area contributed by atoms with Crippen LogP contribution in [-0.4, -0.2) is 32.6 Å². The number of imide groups is 1. The van der Waals surface area contributed by atoms with Crippen molar-refractivity contribution in [3.05, 3.63) is 17.0 Å². The second-order valence-electron chi connectivity index (χ2n) is 6.35. The Bertz CT molecular complexity index is 776. The number of alkyl halides is 4. The number of fused-ring (bicyclic) bond motifs is 1. The van der Waals surface area contributed by atoms with Gasteiger partial charge in [0.1, 0.15) is 17.9 Å². The fraction of sp³-hybridized carbons (Fsp3) is 0.600. The fourth-order valence-electron chi connectivity index (χ4n) is 3.26. The quantitative estimate of drug-likeness (QED) is 0.594. The topological polar surface area (TPSA) is 81.5 Å². The smallest absolute Gasteiger partial charge is 0.328 e. The summed E-state index contributed by atoms with van der Waals surface area (Å²) in [7, 11) is 0. The van der Waals surface area contributed by atoms with Crippen molar-refractivity contribution in [3.8, 4) is 0 Å². The molecule has 0 bridgehead atoms. The normalized spacial score (nSPS) is 24.5. The average molecular weight is 377 g/mol. The second kappa shape index (κ2) is 6.06. The van der Waals surface area contributed by atoms with E-state index in [1.54, 1.807) is 0 Å². The third-order valence-electron chi connectivity index (χ3n) is 4.80. The van der Waals surface area contributed by atoms with Crippen LogP contribution in [0.15, 0.2) is 0 Å². The molecule has 1 aromatic heterocycles. The maximum atomic E-state index is 14.5. The molecule has 26 heavy (non-hydrogen) atoms. The zero-order chi connectivity index (χ0) is 19.4. The third kappa shape index (κ3) is 2.65. The highest BCUT2D eigenvalue weighted by atomic mass is 19.3. The molecule has 0 spiro atoms. The minimum Gasteiger partial charge on any atom is -0.328 e. The minimum atomic E-state index is -3.46. The highest BCUT2D eigenvalue weighted by Gasteiger charge is 2.55. The van der Waals surface area contributed by atoms with Gasteiger partial charge in [0.2, 0.25) is 0 Å². The van der Waals surface area contributed by atoms with Crippen molar-refractivity contribution in [1.29, 1.82) is 0 Å². The molecule has 11 heteroatoms. The number of hydroxylamine groups is 2. The van der Waals surface area contributed by atoms with Crippen LogP contribution in [0.2, 0.25) is 0 Å². The molecule has 142 valence electrons. The van der Waals surface area contributed by atoms with E-state index in [0.29, 0.717) is 4.68 Å². The number of halogens is 4. The molecule has 0 N–H and O–H groups in total. The molecule has 2 amide bonds. The van der Waals surface area contributed by atoms with Gasteiger partial charge in [-0.15, -0.1) is 5.06 Å². The number of carbonyl (C=O) groups is 3. The first-order valence-electron chi connectivity index (χ1n) is 7.89. The highest BCUT2D eigenvalue weighted by molar-refractivity contribution is 6.01. The molecule has 0 saturated carbocycles. The third-order valence-corrected chi connectivity index (χ3v) is 4.80. The Kier molecular flexibility index (Phi) is 4.27. The first kappa shape index (κ1) is 18.3. The average Bonchev–Trinajstić information content (AvgIpc) is 3.13. The van der Waals surface area contributed by atoms with E-state index >= 15 is 0 Å². The molecule has 0 unspecified atom stereocenters. The Morgan fingerprint density at radius 1 is 1.27 bits per heavy atom. The van der Waals surface area contributed by atoms with Gasteiger partial charge in [0.15, 0.2) is 0 Å². The predicted molar refractivity (Wildman–Crippen MR) is 75.8 cm³/mol. The zero-order valence-corrected chi connectivity index (χ0v) is 13.8. The van der Waals surface area contributed by atoms with Gasteiger partial charge in [0.25, 0.3) is 24.2 Å². The Morgan fingerprint density at radius 2 is 1.85 bits per heavy atom. The number of aromatic nitrogens is 2. The molecule has 1 aromatic rings. The minimum absolute atomic E-state index is 0.133. The summed E-state index contributed by atoms with van der Waals surface area (Å²) in [5.74, 6) is -8.31.